The molecule has 0 aromatic heterocycles. The first-order chi connectivity index (χ1) is 5.20. The molecule has 0 radical (unpaired) electrons. The first kappa shape index (κ1) is 7.79. The Bertz CT molecular complexity index is 194. The van der Waals surface area contributed by atoms with Gasteiger partial charge in [0.05, 0.1) is 0 Å². The Balaban J connectivity index is 2.18. The van der Waals surface area contributed by atoms with E-state index in [1.807, 2.05) is 0 Å². The lowest BCUT2D eigenvalue weighted by Gasteiger charge is -2.10. The Morgan fingerprint density at radius 1 is 1.55 bits per heavy atom. The Labute approximate surface area is 78.2 Å². The molecule has 4 atom stereocenters. The van der Waals surface area contributed by atoms with Crippen LogP contribution in [0.4, 0.5) is 0 Å². The number of hydrogen-bond acceptors (Lipinski definition) is 3. The molecule has 2 aliphatic rings. The van der Waals surface area contributed by atoms with Crippen LogP contribution >= 0.6 is 22.6 Å². The SMILES string of the molecule is O=C1O[C@@H]2[C@@H](CC[C@H]2I)[C@H]1O. The molecule has 1 aliphatic carbocycles. The van der Waals surface area contributed by atoms with Crippen molar-refractivity contribution in [2.75, 3.05) is 0 Å². The summed E-state index contributed by atoms with van der Waals surface area (Å²) < 4.78 is 5.41. The molecule has 0 amide bonds. The van der Waals surface area contributed by atoms with Crippen molar-refractivity contribution in [2.45, 2.75) is 29.0 Å². The molecule has 2 fully saturated rings. The Hall–Kier alpha value is 0.160. The van der Waals surface area contributed by atoms with Crippen molar-refractivity contribution in [1.82, 2.24) is 0 Å². The van der Waals surface area contributed by atoms with Gasteiger partial charge in [0.25, 0.3) is 0 Å². The van der Waals surface area contributed by atoms with Gasteiger partial charge in [-0.15, -0.1) is 0 Å². The molecule has 4 heteroatoms. The molecule has 0 aromatic rings. The highest BCUT2D eigenvalue weighted by Crippen LogP contribution is 2.40. The van der Waals surface area contributed by atoms with Gasteiger partial charge in [-0.05, 0) is 12.8 Å². The van der Waals surface area contributed by atoms with Crippen molar-refractivity contribution in [3.63, 3.8) is 0 Å². The lowest BCUT2D eigenvalue weighted by molar-refractivity contribution is -0.147. The van der Waals surface area contributed by atoms with Gasteiger partial charge in [-0.1, -0.05) is 22.6 Å². The van der Waals surface area contributed by atoms with E-state index in [0.29, 0.717) is 3.92 Å². The van der Waals surface area contributed by atoms with Crippen LogP contribution in [0.2, 0.25) is 0 Å². The second kappa shape index (κ2) is 2.58. The van der Waals surface area contributed by atoms with E-state index in [-0.39, 0.29) is 12.0 Å². The fraction of sp³-hybridized carbons (Fsp3) is 0.857. The maximum atomic E-state index is 10.9. The molecule has 1 aliphatic heterocycles. The minimum absolute atomic E-state index is 0.0156. The molecule has 1 N–H and O–H groups in total. The molecule has 3 nitrogen and oxygen atoms in total. The molecular formula is C7H9IO3. The molecule has 11 heavy (non-hydrogen) atoms. The second-order valence-corrected chi connectivity index (χ2v) is 4.70. The molecule has 0 spiro atoms. The maximum absolute atomic E-state index is 10.9. The zero-order valence-electron chi connectivity index (χ0n) is 5.87. The minimum Gasteiger partial charge on any atom is -0.459 e. The number of fused-ring (bicyclic) bond motifs is 1. The highest BCUT2D eigenvalue weighted by molar-refractivity contribution is 14.1. The third-order valence-corrected chi connectivity index (χ3v) is 3.79. The standard InChI is InChI=1S/C7H9IO3/c8-4-2-1-3-5(9)7(10)11-6(3)4/h3-6,9H,1-2H2/t3-,4+,5+,6+/m0/s1. The molecule has 1 saturated heterocycles. The van der Waals surface area contributed by atoms with Gasteiger partial charge in [0, 0.05) is 9.84 Å². The number of rotatable bonds is 0. The Morgan fingerprint density at radius 2 is 2.27 bits per heavy atom. The number of carbonyl (C=O) groups excluding carboxylic acids is 1. The van der Waals surface area contributed by atoms with Gasteiger partial charge in [-0.2, -0.15) is 0 Å². The maximum Gasteiger partial charge on any atom is 0.335 e. The van der Waals surface area contributed by atoms with Gasteiger partial charge in [-0.25, -0.2) is 4.79 Å². The third-order valence-electron chi connectivity index (χ3n) is 2.45. The fourth-order valence-corrected chi connectivity index (χ4v) is 2.87. The van der Waals surface area contributed by atoms with E-state index in [2.05, 4.69) is 22.6 Å². The second-order valence-electron chi connectivity index (χ2n) is 3.10. The zero-order valence-corrected chi connectivity index (χ0v) is 8.02. The molecular weight excluding hydrogens is 259 g/mol. The summed E-state index contributed by atoms with van der Waals surface area (Å²) in [5.74, 6) is -0.356. The van der Waals surface area contributed by atoms with Crippen molar-refractivity contribution in [3.8, 4) is 0 Å². The van der Waals surface area contributed by atoms with Gasteiger partial charge in [0.1, 0.15) is 6.10 Å². The van der Waals surface area contributed by atoms with E-state index in [1.165, 1.54) is 0 Å². The highest BCUT2D eigenvalue weighted by atomic mass is 127. The van der Waals surface area contributed by atoms with Crippen LogP contribution in [0.5, 0.6) is 0 Å². The molecule has 1 saturated carbocycles. The summed E-state index contributed by atoms with van der Waals surface area (Å²) in [6.45, 7) is 0. The number of esters is 1. The average molecular weight is 268 g/mol. The number of aliphatic hydroxyl groups excluding tert-OH is 1. The summed E-state index contributed by atoms with van der Waals surface area (Å²) in [6, 6.07) is 0. The number of carbonyl (C=O) groups is 1. The molecule has 2 rings (SSSR count). The van der Waals surface area contributed by atoms with Gasteiger partial charge in [0.2, 0.25) is 0 Å². The van der Waals surface area contributed by atoms with Crippen LogP contribution in [0.15, 0.2) is 0 Å². The van der Waals surface area contributed by atoms with E-state index in [1.54, 1.807) is 0 Å². The number of halogens is 1. The minimum atomic E-state index is -0.847. The van der Waals surface area contributed by atoms with Crippen LogP contribution in [0.25, 0.3) is 0 Å². The smallest absolute Gasteiger partial charge is 0.335 e. The van der Waals surface area contributed by atoms with Crippen molar-refractivity contribution in [1.29, 1.82) is 0 Å². The Kier molecular flexibility index (Phi) is 1.83. The number of alkyl halides is 1. The van der Waals surface area contributed by atoms with Gasteiger partial charge >= 0.3 is 5.97 Å². The topological polar surface area (TPSA) is 46.5 Å². The average Bonchev–Trinajstić information content (AvgIpc) is 2.43. The predicted molar refractivity (Wildman–Crippen MR) is 46.4 cm³/mol. The van der Waals surface area contributed by atoms with E-state index >= 15 is 0 Å². The van der Waals surface area contributed by atoms with Gasteiger partial charge in [0.15, 0.2) is 6.10 Å². The van der Waals surface area contributed by atoms with Crippen LogP contribution in [0, 0.1) is 5.92 Å². The monoisotopic (exact) mass is 268 g/mol. The van der Waals surface area contributed by atoms with Crippen molar-refractivity contribution in [2.24, 2.45) is 5.92 Å². The van der Waals surface area contributed by atoms with Gasteiger partial charge in [-0.3, -0.25) is 0 Å². The zero-order chi connectivity index (χ0) is 8.01. The summed E-state index contributed by atoms with van der Waals surface area (Å²) in [5, 5.41) is 9.31. The van der Waals surface area contributed by atoms with Crippen LogP contribution in [-0.4, -0.2) is 27.2 Å². The normalized spacial score (nSPS) is 49.1. The fourth-order valence-electron chi connectivity index (χ4n) is 1.83. The van der Waals surface area contributed by atoms with E-state index in [0.717, 1.165) is 12.8 Å². The molecule has 0 unspecified atom stereocenters. The lowest BCUT2D eigenvalue weighted by Crippen LogP contribution is -2.22. The molecule has 0 bridgehead atoms. The van der Waals surface area contributed by atoms with Crippen LogP contribution in [0.1, 0.15) is 12.8 Å². The number of ether oxygens (including phenoxy) is 1. The third kappa shape index (κ3) is 1.07. The van der Waals surface area contributed by atoms with E-state index < -0.39 is 12.1 Å². The summed E-state index contributed by atoms with van der Waals surface area (Å²) in [4.78, 5) is 10.9. The van der Waals surface area contributed by atoms with E-state index in [4.69, 9.17) is 4.74 Å². The summed E-state index contributed by atoms with van der Waals surface area (Å²) >= 11 is 2.28. The van der Waals surface area contributed by atoms with Crippen LogP contribution in [-0.2, 0) is 9.53 Å². The van der Waals surface area contributed by atoms with Gasteiger partial charge < -0.3 is 9.84 Å². The summed E-state index contributed by atoms with van der Waals surface area (Å²) in [6.07, 6.45) is 1.11. The first-order valence-electron chi connectivity index (χ1n) is 3.73. The van der Waals surface area contributed by atoms with E-state index in [9.17, 15) is 9.90 Å². The first-order valence-corrected chi connectivity index (χ1v) is 4.97. The highest BCUT2D eigenvalue weighted by Gasteiger charge is 2.50. The van der Waals surface area contributed by atoms with Crippen molar-refractivity contribution < 1.29 is 14.6 Å². The number of hydrogen-bond donors (Lipinski definition) is 1. The summed E-state index contributed by atoms with van der Waals surface area (Å²) in [7, 11) is 0. The Morgan fingerprint density at radius 3 is 2.91 bits per heavy atom. The molecule has 62 valence electrons. The number of aliphatic hydroxyl groups is 1. The van der Waals surface area contributed by atoms with Crippen molar-refractivity contribution in [3.05, 3.63) is 0 Å². The van der Waals surface area contributed by atoms with Crippen LogP contribution in [0.3, 0.4) is 0 Å². The lowest BCUT2D eigenvalue weighted by atomic mass is 10.0. The largest absolute Gasteiger partial charge is 0.459 e. The summed E-state index contributed by atoms with van der Waals surface area (Å²) in [5.41, 5.74) is 0. The predicted octanol–water partition coefficient (Wildman–Crippen LogP) is 0.486. The van der Waals surface area contributed by atoms with Crippen LogP contribution < -0.4 is 0 Å². The quantitative estimate of drug-likeness (QED) is 0.395. The molecule has 1 heterocycles. The molecule has 0 aromatic carbocycles. The van der Waals surface area contributed by atoms with Crippen molar-refractivity contribution >= 4 is 28.6 Å².